The van der Waals surface area contributed by atoms with Gasteiger partial charge in [-0.2, -0.15) is 0 Å². The first-order valence-electron chi connectivity index (χ1n) is 9.17. The van der Waals surface area contributed by atoms with Crippen LogP contribution in [-0.2, 0) is 16.0 Å². The number of nitrogens with one attached hydrogen (secondary N) is 1. The van der Waals surface area contributed by atoms with Crippen LogP contribution in [0.25, 0.3) is 0 Å². The van der Waals surface area contributed by atoms with Crippen LogP contribution >= 0.6 is 0 Å². The lowest BCUT2D eigenvalue weighted by atomic mass is 9.73. The van der Waals surface area contributed by atoms with Crippen LogP contribution in [0.1, 0.15) is 49.7 Å². The third-order valence-corrected chi connectivity index (χ3v) is 5.91. The third-order valence-electron chi connectivity index (χ3n) is 5.91. The van der Waals surface area contributed by atoms with Crippen LogP contribution in [0, 0.1) is 12.3 Å². The fourth-order valence-corrected chi connectivity index (χ4v) is 4.08. The summed E-state index contributed by atoms with van der Waals surface area (Å²) in [4.78, 5) is 26.1. The summed E-state index contributed by atoms with van der Waals surface area (Å²) in [6, 6.07) is 8.30. The minimum absolute atomic E-state index is 0.184. The molecule has 3 rings (SSSR count). The van der Waals surface area contributed by atoms with Crippen LogP contribution in [0.5, 0.6) is 0 Å². The number of nitrogens with zero attached hydrogens (tertiary/aromatic N) is 1. The van der Waals surface area contributed by atoms with Gasteiger partial charge in [0.2, 0.25) is 11.8 Å². The molecule has 2 saturated heterocycles. The zero-order chi connectivity index (χ0) is 17.0. The standard InChI is InChI=1S/C20H28N2O2/c1-16-4-2-3-5-17(16)6-7-19(24)22-14-11-20(12-15-22)9-8-18(23)21-13-10-20/h2-5H,6-15H2,1H3,(H,21,23). The number of aryl methyl sites for hydroxylation is 2. The number of benzene rings is 1. The summed E-state index contributed by atoms with van der Waals surface area (Å²) < 4.78 is 0. The Morgan fingerprint density at radius 3 is 2.67 bits per heavy atom. The maximum absolute atomic E-state index is 12.5. The molecule has 24 heavy (non-hydrogen) atoms. The van der Waals surface area contributed by atoms with Gasteiger partial charge in [0, 0.05) is 32.5 Å². The molecule has 1 aromatic carbocycles. The first-order chi connectivity index (χ1) is 11.6. The Kier molecular flexibility index (Phi) is 5.22. The van der Waals surface area contributed by atoms with Crippen molar-refractivity contribution in [3.8, 4) is 0 Å². The van der Waals surface area contributed by atoms with E-state index in [1.807, 2.05) is 17.0 Å². The zero-order valence-corrected chi connectivity index (χ0v) is 14.6. The molecule has 0 saturated carbocycles. The van der Waals surface area contributed by atoms with Crippen LogP contribution in [0.2, 0.25) is 0 Å². The number of carbonyl (C=O) groups excluding carboxylic acids is 2. The summed E-state index contributed by atoms with van der Waals surface area (Å²) in [6.45, 7) is 4.59. The Labute approximate surface area is 144 Å². The number of rotatable bonds is 3. The lowest BCUT2D eigenvalue weighted by molar-refractivity contribution is -0.133. The zero-order valence-electron chi connectivity index (χ0n) is 14.6. The first kappa shape index (κ1) is 17.0. The molecule has 2 aliphatic rings. The molecule has 0 aromatic heterocycles. The number of carbonyl (C=O) groups is 2. The van der Waals surface area contributed by atoms with Gasteiger partial charge in [-0.15, -0.1) is 0 Å². The summed E-state index contributed by atoms with van der Waals surface area (Å²) in [5, 5.41) is 2.97. The van der Waals surface area contributed by atoms with Crippen LogP contribution in [0.3, 0.4) is 0 Å². The number of piperidine rings is 1. The van der Waals surface area contributed by atoms with E-state index in [4.69, 9.17) is 0 Å². The Hall–Kier alpha value is -1.84. The molecule has 0 unspecified atom stereocenters. The average molecular weight is 328 g/mol. The van der Waals surface area contributed by atoms with Gasteiger partial charge < -0.3 is 10.2 Å². The van der Waals surface area contributed by atoms with E-state index in [2.05, 4.69) is 24.4 Å². The maximum atomic E-state index is 12.5. The molecule has 0 radical (unpaired) electrons. The van der Waals surface area contributed by atoms with E-state index in [-0.39, 0.29) is 17.2 Å². The summed E-state index contributed by atoms with van der Waals surface area (Å²) in [7, 11) is 0. The predicted octanol–water partition coefficient (Wildman–Crippen LogP) is 2.84. The Morgan fingerprint density at radius 1 is 1.17 bits per heavy atom. The van der Waals surface area contributed by atoms with Crippen molar-refractivity contribution in [3.05, 3.63) is 35.4 Å². The number of amides is 2. The number of hydrogen-bond donors (Lipinski definition) is 1. The summed E-state index contributed by atoms with van der Waals surface area (Å²) in [5.41, 5.74) is 2.80. The smallest absolute Gasteiger partial charge is 0.222 e. The van der Waals surface area contributed by atoms with Gasteiger partial charge in [0.1, 0.15) is 0 Å². The normalized spacial score (nSPS) is 20.5. The van der Waals surface area contributed by atoms with Gasteiger partial charge >= 0.3 is 0 Å². The number of hydrogen-bond acceptors (Lipinski definition) is 2. The van der Waals surface area contributed by atoms with Crippen LogP contribution < -0.4 is 5.32 Å². The predicted molar refractivity (Wildman–Crippen MR) is 94.6 cm³/mol. The second-order valence-electron chi connectivity index (χ2n) is 7.41. The molecular formula is C20H28N2O2. The lowest BCUT2D eigenvalue weighted by Crippen LogP contribution is -2.43. The van der Waals surface area contributed by atoms with Gasteiger partial charge in [0.15, 0.2) is 0 Å². The maximum Gasteiger partial charge on any atom is 0.222 e. The van der Waals surface area contributed by atoms with Gasteiger partial charge in [-0.05, 0) is 55.6 Å². The van der Waals surface area contributed by atoms with E-state index in [0.29, 0.717) is 12.8 Å². The highest BCUT2D eigenvalue weighted by atomic mass is 16.2. The van der Waals surface area contributed by atoms with Crippen LogP contribution in [0.15, 0.2) is 24.3 Å². The van der Waals surface area contributed by atoms with Crippen LogP contribution in [0.4, 0.5) is 0 Å². The van der Waals surface area contributed by atoms with Gasteiger partial charge in [-0.25, -0.2) is 0 Å². The molecule has 1 aromatic rings. The molecule has 2 heterocycles. The van der Waals surface area contributed by atoms with Gasteiger partial charge in [-0.1, -0.05) is 24.3 Å². The third kappa shape index (κ3) is 3.97. The molecule has 2 fully saturated rings. The lowest BCUT2D eigenvalue weighted by Gasteiger charge is -2.41. The topological polar surface area (TPSA) is 49.4 Å². The summed E-state index contributed by atoms with van der Waals surface area (Å²) in [6.07, 6.45) is 6.18. The van der Waals surface area contributed by atoms with Crippen molar-refractivity contribution in [3.63, 3.8) is 0 Å². The van der Waals surface area contributed by atoms with Crippen molar-refractivity contribution < 1.29 is 9.59 Å². The van der Waals surface area contributed by atoms with Crippen molar-refractivity contribution in [1.29, 1.82) is 0 Å². The molecule has 4 heteroatoms. The number of likely N-dealkylation sites (tertiary alicyclic amines) is 1. The van der Waals surface area contributed by atoms with E-state index in [1.165, 1.54) is 11.1 Å². The van der Waals surface area contributed by atoms with E-state index >= 15 is 0 Å². The summed E-state index contributed by atoms with van der Waals surface area (Å²) >= 11 is 0. The fraction of sp³-hybridized carbons (Fsp3) is 0.600. The van der Waals surface area contributed by atoms with E-state index in [1.54, 1.807) is 0 Å². The molecule has 130 valence electrons. The second kappa shape index (κ2) is 7.37. The van der Waals surface area contributed by atoms with Crippen molar-refractivity contribution in [2.24, 2.45) is 5.41 Å². The van der Waals surface area contributed by atoms with Gasteiger partial charge in [0.25, 0.3) is 0 Å². The average Bonchev–Trinajstić information content (AvgIpc) is 2.77. The highest BCUT2D eigenvalue weighted by Gasteiger charge is 2.36. The van der Waals surface area contributed by atoms with E-state index in [0.717, 1.165) is 51.7 Å². The Morgan fingerprint density at radius 2 is 1.92 bits per heavy atom. The molecule has 1 N–H and O–H groups in total. The van der Waals surface area contributed by atoms with E-state index in [9.17, 15) is 9.59 Å². The monoisotopic (exact) mass is 328 g/mol. The van der Waals surface area contributed by atoms with Crippen LogP contribution in [-0.4, -0.2) is 36.3 Å². The summed E-state index contributed by atoms with van der Waals surface area (Å²) in [5.74, 6) is 0.458. The quantitative estimate of drug-likeness (QED) is 0.927. The molecular weight excluding hydrogens is 300 g/mol. The fourth-order valence-electron chi connectivity index (χ4n) is 4.08. The Bertz CT molecular complexity index is 603. The van der Waals surface area contributed by atoms with Gasteiger partial charge in [0.05, 0.1) is 0 Å². The van der Waals surface area contributed by atoms with Gasteiger partial charge in [-0.3, -0.25) is 9.59 Å². The first-order valence-corrected chi connectivity index (χ1v) is 9.17. The highest BCUT2D eigenvalue weighted by molar-refractivity contribution is 5.77. The molecule has 0 bridgehead atoms. The van der Waals surface area contributed by atoms with Crippen molar-refractivity contribution in [1.82, 2.24) is 10.2 Å². The molecule has 0 atom stereocenters. The molecule has 2 amide bonds. The SMILES string of the molecule is Cc1ccccc1CCC(=O)N1CCC2(CCNC(=O)CC2)CC1. The highest BCUT2D eigenvalue weighted by Crippen LogP contribution is 2.40. The minimum atomic E-state index is 0.184. The Balaban J connectivity index is 1.50. The molecule has 2 aliphatic heterocycles. The van der Waals surface area contributed by atoms with Crippen molar-refractivity contribution >= 4 is 11.8 Å². The molecule has 0 aliphatic carbocycles. The van der Waals surface area contributed by atoms with Crippen molar-refractivity contribution in [2.75, 3.05) is 19.6 Å². The molecule has 1 spiro atoms. The molecule has 4 nitrogen and oxygen atoms in total. The largest absolute Gasteiger partial charge is 0.356 e. The van der Waals surface area contributed by atoms with Crippen molar-refractivity contribution in [2.45, 2.75) is 51.9 Å². The minimum Gasteiger partial charge on any atom is -0.356 e. The van der Waals surface area contributed by atoms with E-state index < -0.39 is 0 Å². The second-order valence-corrected chi connectivity index (χ2v) is 7.41.